The van der Waals surface area contributed by atoms with Crippen molar-refractivity contribution in [3.05, 3.63) is 52.7 Å². The number of fused-ring (bicyclic) bond motifs is 3. The molecule has 3 nitrogen and oxygen atoms in total. The zero-order chi connectivity index (χ0) is 15.6. The van der Waals surface area contributed by atoms with Crippen LogP contribution in [0.4, 0.5) is 5.82 Å². The number of thiophene rings is 1. The summed E-state index contributed by atoms with van der Waals surface area (Å²) in [5, 5.41) is 1.30. The Morgan fingerprint density at radius 2 is 1.87 bits per heavy atom. The van der Waals surface area contributed by atoms with E-state index in [9.17, 15) is 0 Å². The first kappa shape index (κ1) is 14.6. The average molecular weight is 323 g/mol. The number of benzene rings is 1. The molecule has 0 bridgehead atoms. The Morgan fingerprint density at radius 1 is 1.04 bits per heavy atom. The predicted molar refractivity (Wildman–Crippen MR) is 97.2 cm³/mol. The minimum atomic E-state index is 0.873. The van der Waals surface area contributed by atoms with Crippen molar-refractivity contribution in [1.29, 1.82) is 0 Å². The molecule has 4 rings (SSSR count). The van der Waals surface area contributed by atoms with Crippen molar-refractivity contribution in [2.45, 2.75) is 38.6 Å². The average Bonchev–Trinajstić information content (AvgIpc) is 2.77. The predicted octanol–water partition coefficient (Wildman–Crippen LogP) is 4.60. The first-order valence-electron chi connectivity index (χ1n) is 8.33. The molecule has 0 atom stereocenters. The lowest BCUT2D eigenvalue weighted by atomic mass is 10.1. The van der Waals surface area contributed by atoms with E-state index in [0.717, 1.165) is 17.2 Å². The number of anilines is 1. The van der Waals surface area contributed by atoms with Crippen molar-refractivity contribution in [2.75, 3.05) is 11.9 Å². The summed E-state index contributed by atoms with van der Waals surface area (Å²) in [4.78, 5) is 14.1. The second-order valence-corrected chi connectivity index (χ2v) is 7.37. The lowest BCUT2D eigenvalue weighted by Gasteiger charge is -2.19. The third-order valence-corrected chi connectivity index (χ3v) is 5.81. The van der Waals surface area contributed by atoms with E-state index < -0.39 is 0 Å². The zero-order valence-electron chi connectivity index (χ0n) is 13.5. The van der Waals surface area contributed by atoms with Crippen LogP contribution in [0.5, 0.6) is 0 Å². The third-order valence-electron chi connectivity index (χ3n) is 4.61. The number of aromatic nitrogens is 2. The highest BCUT2D eigenvalue weighted by atomic mass is 32.1. The molecular formula is C19H21N3S. The van der Waals surface area contributed by atoms with Crippen LogP contribution in [0, 0.1) is 0 Å². The molecule has 23 heavy (non-hydrogen) atoms. The molecular weight excluding hydrogens is 302 g/mol. The van der Waals surface area contributed by atoms with E-state index in [1.54, 1.807) is 6.33 Å². The van der Waals surface area contributed by atoms with Gasteiger partial charge in [0.2, 0.25) is 0 Å². The highest BCUT2D eigenvalue weighted by Gasteiger charge is 2.20. The standard InChI is InChI=1S/C19H21N3S/c1-22(12-14-8-4-2-5-9-14)18-17-15-10-6-3-7-11-16(15)23-19(17)21-13-20-18/h2,4-5,8-9,13H,3,6-7,10-12H2,1H3. The Balaban J connectivity index is 1.76. The highest BCUT2D eigenvalue weighted by molar-refractivity contribution is 7.18. The second kappa shape index (κ2) is 6.28. The molecule has 0 unspecified atom stereocenters. The van der Waals surface area contributed by atoms with E-state index in [-0.39, 0.29) is 0 Å². The molecule has 3 aromatic rings. The van der Waals surface area contributed by atoms with E-state index in [4.69, 9.17) is 0 Å². The Morgan fingerprint density at radius 3 is 2.74 bits per heavy atom. The van der Waals surface area contributed by atoms with Gasteiger partial charge in [0.05, 0.1) is 5.39 Å². The van der Waals surface area contributed by atoms with Crippen LogP contribution in [0.25, 0.3) is 10.2 Å². The summed E-state index contributed by atoms with van der Waals surface area (Å²) in [5.41, 5.74) is 2.82. The molecule has 0 N–H and O–H groups in total. The Labute approximate surface area is 141 Å². The molecule has 0 saturated carbocycles. The fraction of sp³-hybridized carbons (Fsp3) is 0.368. The molecule has 2 aromatic heterocycles. The van der Waals surface area contributed by atoms with Crippen LogP contribution >= 0.6 is 11.3 Å². The smallest absolute Gasteiger partial charge is 0.141 e. The summed E-state index contributed by atoms with van der Waals surface area (Å²) >= 11 is 1.87. The Kier molecular flexibility index (Phi) is 4.00. The fourth-order valence-electron chi connectivity index (χ4n) is 3.47. The maximum atomic E-state index is 4.64. The van der Waals surface area contributed by atoms with Crippen LogP contribution in [0.15, 0.2) is 36.7 Å². The van der Waals surface area contributed by atoms with Crippen LogP contribution in [0.3, 0.4) is 0 Å². The number of aryl methyl sites for hydroxylation is 2. The molecule has 0 amide bonds. The molecule has 0 saturated heterocycles. The van der Waals surface area contributed by atoms with Gasteiger partial charge >= 0.3 is 0 Å². The summed E-state index contributed by atoms with van der Waals surface area (Å²) in [5.74, 6) is 1.08. The third kappa shape index (κ3) is 2.83. The summed E-state index contributed by atoms with van der Waals surface area (Å²) < 4.78 is 0. The van der Waals surface area contributed by atoms with Gasteiger partial charge in [-0.3, -0.25) is 0 Å². The van der Waals surface area contributed by atoms with E-state index in [1.807, 2.05) is 11.3 Å². The largest absolute Gasteiger partial charge is 0.355 e. The quantitative estimate of drug-likeness (QED) is 0.660. The molecule has 0 fully saturated rings. The van der Waals surface area contributed by atoms with Crippen molar-refractivity contribution in [3.63, 3.8) is 0 Å². The Bertz CT molecular complexity index is 810. The number of hydrogen-bond donors (Lipinski definition) is 0. The topological polar surface area (TPSA) is 29.0 Å². The van der Waals surface area contributed by atoms with Gasteiger partial charge in [0, 0.05) is 18.5 Å². The minimum absolute atomic E-state index is 0.873. The lowest BCUT2D eigenvalue weighted by molar-refractivity contribution is 0.713. The SMILES string of the molecule is CN(Cc1ccccc1)c1ncnc2sc3c(c12)CCCCC3. The first-order valence-corrected chi connectivity index (χ1v) is 9.15. The van der Waals surface area contributed by atoms with E-state index in [1.165, 1.54) is 53.5 Å². The summed E-state index contributed by atoms with van der Waals surface area (Å²) in [6.45, 7) is 0.873. The van der Waals surface area contributed by atoms with E-state index in [2.05, 4.69) is 52.2 Å². The van der Waals surface area contributed by atoms with Crippen LogP contribution in [-0.4, -0.2) is 17.0 Å². The van der Waals surface area contributed by atoms with Crippen LogP contribution in [0.2, 0.25) is 0 Å². The van der Waals surface area contributed by atoms with Gasteiger partial charge in [0.15, 0.2) is 0 Å². The van der Waals surface area contributed by atoms with Gasteiger partial charge < -0.3 is 4.90 Å². The van der Waals surface area contributed by atoms with Crippen molar-refractivity contribution in [2.24, 2.45) is 0 Å². The van der Waals surface area contributed by atoms with Gasteiger partial charge in [0.25, 0.3) is 0 Å². The molecule has 1 aliphatic rings. The second-order valence-electron chi connectivity index (χ2n) is 6.28. The molecule has 0 radical (unpaired) electrons. The molecule has 1 aromatic carbocycles. The van der Waals surface area contributed by atoms with Crippen LogP contribution < -0.4 is 4.90 Å². The minimum Gasteiger partial charge on any atom is -0.355 e. The van der Waals surface area contributed by atoms with Crippen LogP contribution in [0.1, 0.15) is 35.3 Å². The number of nitrogens with zero attached hydrogens (tertiary/aromatic N) is 3. The van der Waals surface area contributed by atoms with E-state index >= 15 is 0 Å². The van der Waals surface area contributed by atoms with Crippen molar-refractivity contribution in [3.8, 4) is 0 Å². The molecule has 4 heteroatoms. The molecule has 0 spiro atoms. The van der Waals surface area contributed by atoms with Crippen molar-refractivity contribution < 1.29 is 0 Å². The van der Waals surface area contributed by atoms with Gasteiger partial charge in [-0.15, -0.1) is 11.3 Å². The van der Waals surface area contributed by atoms with Gasteiger partial charge in [-0.25, -0.2) is 9.97 Å². The monoisotopic (exact) mass is 323 g/mol. The maximum absolute atomic E-state index is 4.64. The van der Waals surface area contributed by atoms with Gasteiger partial charge in [-0.05, 0) is 36.8 Å². The molecule has 0 aliphatic heterocycles. The summed E-state index contributed by atoms with van der Waals surface area (Å²) in [6, 6.07) is 10.6. The van der Waals surface area contributed by atoms with Crippen molar-refractivity contribution >= 4 is 27.4 Å². The summed E-state index contributed by atoms with van der Waals surface area (Å²) in [6.07, 6.45) is 8.03. The van der Waals surface area contributed by atoms with Gasteiger partial charge in [0.1, 0.15) is 17.0 Å². The fourth-order valence-corrected chi connectivity index (χ4v) is 4.70. The molecule has 2 heterocycles. The van der Waals surface area contributed by atoms with Gasteiger partial charge in [-0.2, -0.15) is 0 Å². The van der Waals surface area contributed by atoms with Crippen molar-refractivity contribution in [1.82, 2.24) is 9.97 Å². The Hall–Kier alpha value is -1.94. The maximum Gasteiger partial charge on any atom is 0.141 e. The first-order chi connectivity index (χ1) is 11.3. The lowest BCUT2D eigenvalue weighted by Crippen LogP contribution is -2.18. The van der Waals surface area contributed by atoms with Gasteiger partial charge in [-0.1, -0.05) is 36.8 Å². The van der Waals surface area contributed by atoms with Crippen LogP contribution in [-0.2, 0) is 19.4 Å². The summed E-state index contributed by atoms with van der Waals surface area (Å²) in [7, 11) is 2.13. The number of rotatable bonds is 3. The normalized spacial score (nSPS) is 14.5. The van der Waals surface area contributed by atoms with E-state index in [0.29, 0.717) is 0 Å². The molecule has 1 aliphatic carbocycles. The highest BCUT2D eigenvalue weighted by Crippen LogP contribution is 2.38. The number of hydrogen-bond acceptors (Lipinski definition) is 4. The molecule has 118 valence electrons. The zero-order valence-corrected chi connectivity index (χ0v) is 14.3.